The van der Waals surface area contributed by atoms with Crippen molar-refractivity contribution < 1.29 is 0 Å². The largest absolute Gasteiger partial charge is 0.309 e. The van der Waals surface area contributed by atoms with Gasteiger partial charge in [0.1, 0.15) is 0 Å². The highest BCUT2D eigenvalue weighted by Gasteiger charge is 2.43. The first kappa shape index (κ1) is 16.0. The van der Waals surface area contributed by atoms with Crippen LogP contribution in [0.4, 0.5) is 0 Å². The first-order valence-electron chi connectivity index (χ1n) is 8.22. The van der Waals surface area contributed by atoms with E-state index in [0.717, 1.165) is 6.54 Å². The van der Waals surface area contributed by atoms with Gasteiger partial charge in [-0.05, 0) is 69.3 Å². The van der Waals surface area contributed by atoms with Gasteiger partial charge in [-0.2, -0.15) is 0 Å². The van der Waals surface area contributed by atoms with Crippen LogP contribution < -0.4 is 5.32 Å². The number of nitrogens with one attached hydrogen (secondary N) is 1. The topological polar surface area (TPSA) is 15.3 Å². The van der Waals surface area contributed by atoms with E-state index in [1.165, 1.54) is 49.2 Å². The Morgan fingerprint density at radius 1 is 1.25 bits per heavy atom. The molecule has 1 aliphatic heterocycles. The highest BCUT2D eigenvalue weighted by Crippen LogP contribution is 2.41. The molecule has 2 nitrogen and oxygen atoms in total. The molecule has 0 saturated carbocycles. The molecule has 114 valence electrons. The molecular weight excluding hydrogens is 264 g/mol. The minimum Gasteiger partial charge on any atom is -0.309 e. The highest BCUT2D eigenvalue weighted by molar-refractivity contribution is 7.10. The summed E-state index contributed by atoms with van der Waals surface area (Å²) in [6.45, 7) is 12.8. The smallest absolute Gasteiger partial charge is 0.0517 e. The van der Waals surface area contributed by atoms with E-state index in [1.54, 1.807) is 0 Å². The fraction of sp³-hybridized carbons (Fsp3) is 0.765. The van der Waals surface area contributed by atoms with Gasteiger partial charge < -0.3 is 5.32 Å². The summed E-state index contributed by atoms with van der Waals surface area (Å²) in [6, 6.07) is 2.80. The Labute approximate surface area is 128 Å². The summed E-state index contributed by atoms with van der Waals surface area (Å²) >= 11 is 1.88. The van der Waals surface area contributed by atoms with Crippen molar-refractivity contribution in [3.05, 3.63) is 21.9 Å². The van der Waals surface area contributed by atoms with Gasteiger partial charge in [0.25, 0.3) is 0 Å². The van der Waals surface area contributed by atoms with Gasteiger partial charge >= 0.3 is 0 Å². The van der Waals surface area contributed by atoms with E-state index < -0.39 is 0 Å². The van der Waals surface area contributed by atoms with E-state index in [1.807, 2.05) is 11.3 Å². The number of rotatable bonds is 7. The van der Waals surface area contributed by atoms with Crippen LogP contribution in [-0.2, 0) is 0 Å². The van der Waals surface area contributed by atoms with Crippen molar-refractivity contribution in [1.82, 2.24) is 10.2 Å². The van der Waals surface area contributed by atoms with Crippen LogP contribution in [0.1, 0.15) is 62.9 Å². The predicted molar refractivity (Wildman–Crippen MR) is 89.6 cm³/mol. The Balaban J connectivity index is 2.39. The van der Waals surface area contributed by atoms with E-state index in [4.69, 9.17) is 0 Å². The lowest BCUT2D eigenvalue weighted by atomic mass is 9.79. The standard InChI is InChI=1S/C17H30N2S/c1-5-17(6-2,19-11-8-9-12-19)16(18-7-3)15-10-13-20-14(15)4/h10,13,16,18H,5-9,11-12H2,1-4H3. The summed E-state index contributed by atoms with van der Waals surface area (Å²) < 4.78 is 0. The molecule has 1 atom stereocenters. The van der Waals surface area contributed by atoms with Crippen molar-refractivity contribution in [3.63, 3.8) is 0 Å². The molecule has 3 heteroatoms. The molecule has 1 saturated heterocycles. The van der Waals surface area contributed by atoms with Crippen LogP contribution >= 0.6 is 11.3 Å². The van der Waals surface area contributed by atoms with Crippen molar-refractivity contribution in [2.24, 2.45) is 0 Å². The average molecular weight is 295 g/mol. The maximum Gasteiger partial charge on any atom is 0.0517 e. The second-order valence-corrected chi connectivity index (χ2v) is 7.05. The van der Waals surface area contributed by atoms with E-state index >= 15 is 0 Å². The van der Waals surface area contributed by atoms with Crippen LogP contribution in [0.5, 0.6) is 0 Å². The molecule has 0 bridgehead atoms. The molecule has 2 heterocycles. The molecule has 0 radical (unpaired) electrons. The number of likely N-dealkylation sites (N-methyl/N-ethyl adjacent to an activating group) is 1. The third-order valence-corrected chi connectivity index (χ3v) is 5.98. The van der Waals surface area contributed by atoms with Gasteiger partial charge in [-0.15, -0.1) is 11.3 Å². The monoisotopic (exact) mass is 294 g/mol. The molecule has 20 heavy (non-hydrogen) atoms. The van der Waals surface area contributed by atoms with Crippen LogP contribution in [-0.4, -0.2) is 30.1 Å². The quantitative estimate of drug-likeness (QED) is 0.803. The Bertz CT molecular complexity index is 403. The Morgan fingerprint density at radius 3 is 2.35 bits per heavy atom. The maximum absolute atomic E-state index is 3.81. The Morgan fingerprint density at radius 2 is 1.90 bits per heavy atom. The van der Waals surface area contributed by atoms with Gasteiger partial charge in [0.05, 0.1) is 6.04 Å². The fourth-order valence-corrected chi connectivity index (χ4v) is 4.68. The number of nitrogens with zero attached hydrogens (tertiary/aromatic N) is 1. The van der Waals surface area contributed by atoms with E-state index in [0.29, 0.717) is 6.04 Å². The van der Waals surface area contributed by atoms with Crippen molar-refractivity contribution in [2.75, 3.05) is 19.6 Å². The molecule has 1 aromatic heterocycles. The molecule has 0 aromatic carbocycles. The van der Waals surface area contributed by atoms with Crippen molar-refractivity contribution in [1.29, 1.82) is 0 Å². The lowest BCUT2D eigenvalue weighted by molar-refractivity contribution is 0.0622. The summed E-state index contributed by atoms with van der Waals surface area (Å²) in [4.78, 5) is 4.23. The second kappa shape index (κ2) is 7.06. The third kappa shape index (κ3) is 2.81. The minimum absolute atomic E-state index is 0.276. The van der Waals surface area contributed by atoms with Gasteiger partial charge in [0.2, 0.25) is 0 Å². The zero-order valence-electron chi connectivity index (χ0n) is 13.5. The average Bonchev–Trinajstić information content (AvgIpc) is 3.11. The summed E-state index contributed by atoms with van der Waals surface area (Å²) in [7, 11) is 0. The van der Waals surface area contributed by atoms with Crippen LogP contribution in [0.2, 0.25) is 0 Å². The van der Waals surface area contributed by atoms with Crippen LogP contribution in [0.3, 0.4) is 0 Å². The SMILES string of the molecule is CCNC(c1ccsc1C)C(CC)(CC)N1CCCC1. The van der Waals surface area contributed by atoms with Crippen molar-refractivity contribution >= 4 is 11.3 Å². The van der Waals surface area contributed by atoms with Crippen molar-refractivity contribution in [3.8, 4) is 0 Å². The van der Waals surface area contributed by atoms with Crippen LogP contribution in [0.15, 0.2) is 11.4 Å². The first-order chi connectivity index (χ1) is 9.69. The number of thiophene rings is 1. The lowest BCUT2D eigenvalue weighted by Gasteiger charge is -2.47. The fourth-order valence-electron chi connectivity index (χ4n) is 3.94. The predicted octanol–water partition coefficient (Wildman–Crippen LogP) is 4.36. The first-order valence-corrected chi connectivity index (χ1v) is 9.10. The van der Waals surface area contributed by atoms with Crippen LogP contribution in [0.25, 0.3) is 0 Å². The molecule has 1 unspecified atom stereocenters. The molecule has 1 aromatic rings. The lowest BCUT2D eigenvalue weighted by Crippen LogP contribution is -2.55. The molecule has 1 fully saturated rings. The number of likely N-dealkylation sites (tertiary alicyclic amines) is 1. The summed E-state index contributed by atoms with van der Waals surface area (Å²) in [5.74, 6) is 0. The second-order valence-electron chi connectivity index (χ2n) is 5.93. The maximum atomic E-state index is 3.81. The molecule has 1 aliphatic rings. The number of hydrogen-bond acceptors (Lipinski definition) is 3. The van der Waals surface area contributed by atoms with E-state index in [2.05, 4.69) is 49.4 Å². The Kier molecular flexibility index (Phi) is 5.65. The normalized spacial score (nSPS) is 18.6. The van der Waals surface area contributed by atoms with Gasteiger partial charge in [0.15, 0.2) is 0 Å². The zero-order valence-corrected chi connectivity index (χ0v) is 14.4. The molecule has 2 rings (SSSR count). The highest BCUT2D eigenvalue weighted by atomic mass is 32.1. The van der Waals surface area contributed by atoms with Gasteiger partial charge in [-0.3, -0.25) is 4.90 Å². The van der Waals surface area contributed by atoms with Crippen LogP contribution in [0, 0.1) is 6.92 Å². The summed E-state index contributed by atoms with van der Waals surface area (Å²) in [6.07, 6.45) is 5.17. The number of hydrogen-bond donors (Lipinski definition) is 1. The van der Waals surface area contributed by atoms with Gasteiger partial charge in [-0.25, -0.2) is 0 Å². The molecular formula is C17H30N2S. The van der Waals surface area contributed by atoms with E-state index in [-0.39, 0.29) is 5.54 Å². The minimum atomic E-state index is 0.276. The summed E-state index contributed by atoms with van der Waals surface area (Å²) in [5.41, 5.74) is 1.80. The molecule has 0 aliphatic carbocycles. The Hall–Kier alpha value is -0.380. The van der Waals surface area contributed by atoms with E-state index in [9.17, 15) is 0 Å². The third-order valence-electron chi connectivity index (χ3n) is 5.12. The molecule has 1 N–H and O–H groups in total. The van der Waals surface area contributed by atoms with Gasteiger partial charge in [-0.1, -0.05) is 20.8 Å². The molecule has 0 spiro atoms. The van der Waals surface area contributed by atoms with Crippen molar-refractivity contribution in [2.45, 2.75) is 65.0 Å². The molecule has 0 amide bonds. The zero-order chi connectivity index (χ0) is 14.6. The van der Waals surface area contributed by atoms with Gasteiger partial charge in [0, 0.05) is 10.4 Å². The summed E-state index contributed by atoms with van der Waals surface area (Å²) in [5, 5.41) is 6.06. The number of aryl methyl sites for hydroxylation is 1.